The van der Waals surface area contributed by atoms with Crippen molar-refractivity contribution in [3.63, 3.8) is 0 Å². The van der Waals surface area contributed by atoms with Gasteiger partial charge in [0.2, 0.25) is 5.91 Å². The van der Waals surface area contributed by atoms with Crippen LogP contribution >= 0.6 is 0 Å². The lowest BCUT2D eigenvalue weighted by atomic mass is 9.95. The van der Waals surface area contributed by atoms with Crippen LogP contribution in [-0.4, -0.2) is 40.7 Å². The molecule has 0 radical (unpaired) electrons. The second kappa shape index (κ2) is 9.55. The van der Waals surface area contributed by atoms with Gasteiger partial charge in [-0.2, -0.15) is 9.61 Å². The van der Waals surface area contributed by atoms with Gasteiger partial charge in [-0.1, -0.05) is 30.3 Å². The van der Waals surface area contributed by atoms with Gasteiger partial charge in [-0.05, 0) is 49.6 Å². The molecule has 0 atom stereocenters. The van der Waals surface area contributed by atoms with Crippen molar-refractivity contribution in [2.45, 2.75) is 26.3 Å². The summed E-state index contributed by atoms with van der Waals surface area (Å²) in [5.74, 6) is 2.01. The average Bonchev–Trinajstić information content (AvgIpc) is 3.31. The van der Waals surface area contributed by atoms with Crippen LogP contribution in [0.4, 0.5) is 5.82 Å². The van der Waals surface area contributed by atoms with Gasteiger partial charge in [-0.3, -0.25) is 4.79 Å². The Bertz CT molecular complexity index is 1280. The van der Waals surface area contributed by atoms with Crippen molar-refractivity contribution < 1.29 is 9.53 Å². The molecule has 0 spiro atoms. The van der Waals surface area contributed by atoms with Crippen molar-refractivity contribution in [1.29, 1.82) is 0 Å². The standard InChI is InChI=1S/C27H29N5O2/c1-19-16-26(32-25(29-19)17-24(30-32)21-8-10-23(34-2)11-9-21)31-14-12-22(13-15-31)27(33)28-18-20-6-4-3-5-7-20/h3-11,16-17,22H,12-15,18H2,1-2H3,(H,28,33). The molecule has 2 aromatic heterocycles. The van der Waals surface area contributed by atoms with Gasteiger partial charge in [0.15, 0.2) is 5.65 Å². The van der Waals surface area contributed by atoms with Crippen LogP contribution in [0.15, 0.2) is 66.7 Å². The Balaban J connectivity index is 1.29. The zero-order chi connectivity index (χ0) is 23.5. The number of rotatable bonds is 6. The van der Waals surface area contributed by atoms with Gasteiger partial charge in [0.05, 0.1) is 12.8 Å². The Hall–Kier alpha value is -3.87. The maximum absolute atomic E-state index is 12.7. The lowest BCUT2D eigenvalue weighted by Gasteiger charge is -2.33. The van der Waals surface area contributed by atoms with Crippen LogP contribution in [0.3, 0.4) is 0 Å². The van der Waals surface area contributed by atoms with Gasteiger partial charge in [0.25, 0.3) is 0 Å². The largest absolute Gasteiger partial charge is 0.497 e. The third kappa shape index (κ3) is 4.59. The molecule has 7 heteroatoms. The number of piperidine rings is 1. The van der Waals surface area contributed by atoms with Crippen molar-refractivity contribution in [1.82, 2.24) is 19.9 Å². The number of nitrogens with one attached hydrogen (secondary N) is 1. The third-order valence-corrected chi connectivity index (χ3v) is 6.42. The van der Waals surface area contributed by atoms with Gasteiger partial charge in [-0.25, -0.2) is 4.98 Å². The van der Waals surface area contributed by atoms with Crippen molar-refractivity contribution >= 4 is 17.4 Å². The Morgan fingerprint density at radius 2 is 1.79 bits per heavy atom. The maximum Gasteiger partial charge on any atom is 0.223 e. The maximum atomic E-state index is 12.7. The predicted molar refractivity (Wildman–Crippen MR) is 133 cm³/mol. The van der Waals surface area contributed by atoms with E-state index in [2.05, 4.69) is 16.3 Å². The lowest BCUT2D eigenvalue weighted by molar-refractivity contribution is -0.125. The summed E-state index contributed by atoms with van der Waals surface area (Å²) in [6.07, 6.45) is 1.63. The summed E-state index contributed by atoms with van der Waals surface area (Å²) >= 11 is 0. The van der Waals surface area contributed by atoms with Gasteiger partial charge in [0, 0.05) is 48.9 Å². The number of fused-ring (bicyclic) bond motifs is 1. The zero-order valence-corrected chi connectivity index (χ0v) is 19.6. The van der Waals surface area contributed by atoms with Crippen LogP contribution < -0.4 is 15.0 Å². The molecule has 1 N–H and O–H groups in total. The van der Waals surface area contributed by atoms with E-state index < -0.39 is 0 Å². The fourth-order valence-corrected chi connectivity index (χ4v) is 4.51. The van der Waals surface area contributed by atoms with Crippen LogP contribution in [0, 0.1) is 12.8 Å². The van der Waals surface area contributed by atoms with Crippen molar-refractivity contribution in [3.05, 3.63) is 78.0 Å². The Morgan fingerprint density at radius 1 is 1.06 bits per heavy atom. The molecule has 34 heavy (non-hydrogen) atoms. The average molecular weight is 456 g/mol. The summed E-state index contributed by atoms with van der Waals surface area (Å²) in [6, 6.07) is 22.0. The van der Waals surface area contributed by atoms with Gasteiger partial charge >= 0.3 is 0 Å². The van der Waals surface area contributed by atoms with Crippen LogP contribution in [0.25, 0.3) is 16.9 Å². The van der Waals surface area contributed by atoms with E-state index in [-0.39, 0.29) is 11.8 Å². The highest BCUT2D eigenvalue weighted by molar-refractivity contribution is 5.79. The normalized spacial score (nSPS) is 14.4. The van der Waals surface area contributed by atoms with E-state index >= 15 is 0 Å². The van der Waals surface area contributed by atoms with E-state index in [4.69, 9.17) is 14.8 Å². The second-order valence-electron chi connectivity index (χ2n) is 8.75. The van der Waals surface area contributed by atoms with Gasteiger partial charge in [0.1, 0.15) is 11.6 Å². The molecule has 7 nitrogen and oxygen atoms in total. The summed E-state index contributed by atoms with van der Waals surface area (Å²) in [5, 5.41) is 7.96. The first-order valence-electron chi connectivity index (χ1n) is 11.7. The summed E-state index contributed by atoms with van der Waals surface area (Å²) in [5.41, 5.74) is 4.78. The molecule has 1 aliphatic rings. The molecule has 0 bridgehead atoms. The highest BCUT2D eigenvalue weighted by atomic mass is 16.5. The van der Waals surface area contributed by atoms with E-state index in [1.807, 2.05) is 72.1 Å². The van der Waals surface area contributed by atoms with Crippen molar-refractivity contribution in [3.8, 4) is 17.0 Å². The Kier molecular flexibility index (Phi) is 6.16. The summed E-state index contributed by atoms with van der Waals surface area (Å²) < 4.78 is 7.19. The number of nitrogens with zero attached hydrogens (tertiary/aromatic N) is 4. The number of ether oxygens (including phenoxy) is 1. The lowest BCUT2D eigenvalue weighted by Crippen LogP contribution is -2.41. The third-order valence-electron chi connectivity index (χ3n) is 6.42. The molecular formula is C27H29N5O2. The number of methoxy groups -OCH3 is 1. The van der Waals surface area contributed by atoms with E-state index in [0.717, 1.165) is 65.7 Å². The highest BCUT2D eigenvalue weighted by Gasteiger charge is 2.26. The molecule has 4 aromatic rings. The molecule has 2 aromatic carbocycles. The van der Waals surface area contributed by atoms with Crippen LogP contribution in [-0.2, 0) is 11.3 Å². The predicted octanol–water partition coefficient (Wildman–Crippen LogP) is 4.25. The number of carbonyl (C=O) groups excluding carboxylic acids is 1. The number of benzene rings is 2. The van der Waals surface area contributed by atoms with E-state index in [1.165, 1.54) is 0 Å². The summed E-state index contributed by atoms with van der Waals surface area (Å²) in [4.78, 5) is 19.7. The quantitative estimate of drug-likeness (QED) is 0.471. The highest BCUT2D eigenvalue weighted by Crippen LogP contribution is 2.28. The first kappa shape index (κ1) is 21.9. The monoisotopic (exact) mass is 455 g/mol. The zero-order valence-electron chi connectivity index (χ0n) is 19.6. The fourth-order valence-electron chi connectivity index (χ4n) is 4.51. The smallest absolute Gasteiger partial charge is 0.223 e. The molecule has 1 aliphatic heterocycles. The molecule has 174 valence electrons. The molecule has 1 fully saturated rings. The molecule has 0 aliphatic carbocycles. The number of carbonyl (C=O) groups is 1. The van der Waals surface area contributed by atoms with Crippen LogP contribution in [0.2, 0.25) is 0 Å². The molecule has 3 heterocycles. The summed E-state index contributed by atoms with van der Waals surface area (Å²) in [6.45, 7) is 4.19. The van der Waals surface area contributed by atoms with E-state index in [1.54, 1.807) is 7.11 Å². The number of aryl methyl sites for hydroxylation is 1. The summed E-state index contributed by atoms with van der Waals surface area (Å²) in [7, 11) is 1.66. The minimum atomic E-state index is 0.0332. The Labute approximate surface area is 199 Å². The van der Waals surface area contributed by atoms with Gasteiger partial charge in [-0.15, -0.1) is 0 Å². The van der Waals surface area contributed by atoms with Gasteiger partial charge < -0.3 is 15.0 Å². The van der Waals surface area contributed by atoms with Crippen LogP contribution in [0.1, 0.15) is 24.1 Å². The number of hydrogen-bond acceptors (Lipinski definition) is 5. The molecule has 1 amide bonds. The van der Waals surface area contributed by atoms with E-state index in [0.29, 0.717) is 6.54 Å². The van der Waals surface area contributed by atoms with E-state index in [9.17, 15) is 4.79 Å². The minimum absolute atomic E-state index is 0.0332. The number of anilines is 1. The SMILES string of the molecule is COc1ccc(-c2cc3nc(C)cc(N4CCC(C(=O)NCc5ccccc5)CC4)n3n2)cc1. The minimum Gasteiger partial charge on any atom is -0.497 e. The topological polar surface area (TPSA) is 71.8 Å². The first-order valence-corrected chi connectivity index (χ1v) is 11.7. The fraction of sp³-hybridized carbons (Fsp3) is 0.296. The first-order chi connectivity index (χ1) is 16.6. The Morgan fingerprint density at radius 3 is 2.50 bits per heavy atom. The molecular weight excluding hydrogens is 426 g/mol. The molecule has 0 saturated carbocycles. The van der Waals surface area contributed by atoms with Crippen LogP contribution in [0.5, 0.6) is 5.75 Å². The number of aromatic nitrogens is 3. The van der Waals surface area contributed by atoms with Crippen molar-refractivity contribution in [2.75, 3.05) is 25.1 Å². The molecule has 5 rings (SSSR count). The number of hydrogen-bond donors (Lipinski definition) is 1. The molecule has 0 unspecified atom stereocenters. The molecule has 1 saturated heterocycles. The second-order valence-corrected chi connectivity index (χ2v) is 8.75. The van der Waals surface area contributed by atoms with Crippen molar-refractivity contribution in [2.24, 2.45) is 5.92 Å². The number of amides is 1.